The first-order chi connectivity index (χ1) is 17.3. The zero-order chi connectivity index (χ0) is 24.9. The third-order valence-corrected chi connectivity index (χ3v) is 7.67. The number of benzene rings is 4. The fourth-order valence-electron chi connectivity index (χ4n) is 4.90. The van der Waals surface area contributed by atoms with Crippen molar-refractivity contribution >= 4 is 23.5 Å². The van der Waals surface area contributed by atoms with Crippen molar-refractivity contribution in [1.82, 2.24) is 4.57 Å². The Labute approximate surface area is 213 Å². The molecule has 0 bridgehead atoms. The Morgan fingerprint density at radius 1 is 0.611 bits per heavy atom. The lowest BCUT2D eigenvalue weighted by atomic mass is 9.78. The maximum absolute atomic E-state index is 6.35. The first-order valence-electron chi connectivity index (χ1n) is 12.5. The number of aromatic nitrogens is 1. The van der Waals surface area contributed by atoms with Crippen molar-refractivity contribution < 1.29 is 9.31 Å². The number of hydrogen-bond donors (Lipinski definition) is 0. The first-order valence-corrected chi connectivity index (χ1v) is 12.5. The van der Waals surface area contributed by atoms with Crippen LogP contribution in [0.15, 0.2) is 109 Å². The molecule has 0 unspecified atom stereocenters. The van der Waals surface area contributed by atoms with Crippen LogP contribution in [0.3, 0.4) is 0 Å². The zero-order valence-electron chi connectivity index (χ0n) is 21.2. The summed E-state index contributed by atoms with van der Waals surface area (Å²) in [5.41, 5.74) is 7.35. The molecular formula is C32H30BNO2. The zero-order valence-corrected chi connectivity index (χ0v) is 21.2. The van der Waals surface area contributed by atoms with Crippen LogP contribution in [0, 0.1) is 0 Å². The van der Waals surface area contributed by atoms with E-state index in [1.54, 1.807) is 0 Å². The number of hydrogen-bond acceptors (Lipinski definition) is 2. The SMILES string of the molecule is CC1(C)OB(c2cccc(-c3cn(-c4ccccc4)c4ccc(-c5ccccc5)cc34)c2)OC1(C)C. The third-order valence-electron chi connectivity index (χ3n) is 7.67. The quantitative estimate of drug-likeness (QED) is 0.258. The monoisotopic (exact) mass is 471 g/mol. The van der Waals surface area contributed by atoms with E-state index in [-0.39, 0.29) is 11.2 Å². The second-order valence-electron chi connectivity index (χ2n) is 10.6. The van der Waals surface area contributed by atoms with Crippen LogP contribution in [-0.2, 0) is 9.31 Å². The molecule has 1 saturated heterocycles. The molecule has 0 saturated carbocycles. The molecule has 4 heteroatoms. The van der Waals surface area contributed by atoms with Crippen LogP contribution >= 0.6 is 0 Å². The van der Waals surface area contributed by atoms with E-state index in [1.807, 2.05) is 0 Å². The lowest BCUT2D eigenvalue weighted by Crippen LogP contribution is -2.41. The lowest BCUT2D eigenvalue weighted by molar-refractivity contribution is 0.00578. The van der Waals surface area contributed by atoms with Crippen LogP contribution in [0.25, 0.3) is 38.8 Å². The molecule has 1 aliphatic heterocycles. The molecule has 0 amide bonds. The largest absolute Gasteiger partial charge is 0.494 e. The van der Waals surface area contributed by atoms with E-state index in [0.29, 0.717) is 0 Å². The fourth-order valence-corrected chi connectivity index (χ4v) is 4.90. The topological polar surface area (TPSA) is 23.4 Å². The second-order valence-corrected chi connectivity index (χ2v) is 10.6. The molecule has 1 aliphatic rings. The minimum atomic E-state index is -0.391. The van der Waals surface area contributed by atoms with Gasteiger partial charge in [-0.3, -0.25) is 0 Å². The van der Waals surface area contributed by atoms with Gasteiger partial charge < -0.3 is 13.9 Å². The van der Waals surface area contributed by atoms with Crippen molar-refractivity contribution in [3.63, 3.8) is 0 Å². The predicted octanol–water partition coefficient (Wildman–Crippen LogP) is 7.26. The van der Waals surface area contributed by atoms with Crippen molar-refractivity contribution in [2.24, 2.45) is 0 Å². The van der Waals surface area contributed by atoms with Gasteiger partial charge in [-0.25, -0.2) is 0 Å². The van der Waals surface area contributed by atoms with Gasteiger partial charge in [-0.1, -0.05) is 78.9 Å². The van der Waals surface area contributed by atoms with E-state index in [1.165, 1.54) is 27.6 Å². The maximum Gasteiger partial charge on any atom is 0.494 e. The van der Waals surface area contributed by atoms with Gasteiger partial charge in [-0.15, -0.1) is 0 Å². The standard InChI is InChI=1S/C32H30BNO2/c1-31(2)32(3,4)36-33(35-31)26-15-11-14-25(20-26)29-22-34(27-16-9-6-10-17-27)30-19-18-24(21-28(29)30)23-12-7-5-8-13-23/h5-22H,1-4H3. The Kier molecular flexibility index (Phi) is 5.40. The summed E-state index contributed by atoms with van der Waals surface area (Å²) >= 11 is 0. The molecule has 36 heavy (non-hydrogen) atoms. The van der Waals surface area contributed by atoms with Gasteiger partial charge in [0.1, 0.15) is 0 Å². The van der Waals surface area contributed by atoms with Crippen LogP contribution in [0.4, 0.5) is 0 Å². The van der Waals surface area contributed by atoms with Crippen molar-refractivity contribution in [2.75, 3.05) is 0 Å². The summed E-state index contributed by atoms with van der Waals surface area (Å²) in [5, 5.41) is 1.21. The third kappa shape index (κ3) is 3.87. The molecule has 178 valence electrons. The van der Waals surface area contributed by atoms with E-state index in [2.05, 4.69) is 142 Å². The van der Waals surface area contributed by atoms with Crippen molar-refractivity contribution in [1.29, 1.82) is 0 Å². The molecule has 5 aromatic rings. The van der Waals surface area contributed by atoms with E-state index < -0.39 is 7.12 Å². The molecule has 0 aliphatic carbocycles. The summed E-state index contributed by atoms with van der Waals surface area (Å²) in [5.74, 6) is 0. The first kappa shape index (κ1) is 22.8. The highest BCUT2D eigenvalue weighted by molar-refractivity contribution is 6.62. The van der Waals surface area contributed by atoms with Crippen LogP contribution in [0.2, 0.25) is 0 Å². The van der Waals surface area contributed by atoms with Crippen molar-refractivity contribution in [2.45, 2.75) is 38.9 Å². The number of para-hydroxylation sites is 1. The lowest BCUT2D eigenvalue weighted by Gasteiger charge is -2.32. The highest BCUT2D eigenvalue weighted by Crippen LogP contribution is 2.38. The summed E-state index contributed by atoms with van der Waals surface area (Å²) in [7, 11) is -0.391. The summed E-state index contributed by atoms with van der Waals surface area (Å²) in [6, 6.07) is 36.4. The van der Waals surface area contributed by atoms with Gasteiger partial charge in [0.25, 0.3) is 0 Å². The van der Waals surface area contributed by atoms with E-state index in [4.69, 9.17) is 9.31 Å². The smallest absolute Gasteiger partial charge is 0.399 e. The minimum Gasteiger partial charge on any atom is -0.399 e. The Morgan fingerprint density at radius 3 is 1.94 bits per heavy atom. The Morgan fingerprint density at radius 2 is 1.25 bits per heavy atom. The van der Waals surface area contributed by atoms with E-state index in [9.17, 15) is 0 Å². The second kappa shape index (κ2) is 8.51. The Hall–Kier alpha value is -3.60. The highest BCUT2D eigenvalue weighted by atomic mass is 16.7. The van der Waals surface area contributed by atoms with Crippen molar-refractivity contribution in [3.05, 3.63) is 109 Å². The number of rotatable bonds is 4. The number of nitrogens with zero attached hydrogens (tertiary/aromatic N) is 1. The van der Waals surface area contributed by atoms with E-state index >= 15 is 0 Å². The normalized spacial score (nSPS) is 16.5. The fraction of sp³-hybridized carbons (Fsp3) is 0.188. The molecule has 0 atom stereocenters. The predicted molar refractivity (Wildman–Crippen MR) is 150 cm³/mol. The molecule has 3 nitrogen and oxygen atoms in total. The average molecular weight is 471 g/mol. The maximum atomic E-state index is 6.35. The molecule has 2 heterocycles. The van der Waals surface area contributed by atoms with Crippen LogP contribution in [0.5, 0.6) is 0 Å². The van der Waals surface area contributed by atoms with Gasteiger partial charge in [0.15, 0.2) is 0 Å². The molecule has 0 spiro atoms. The van der Waals surface area contributed by atoms with Gasteiger partial charge in [0.05, 0.1) is 16.7 Å². The molecule has 1 aromatic heterocycles. The van der Waals surface area contributed by atoms with Crippen LogP contribution in [0.1, 0.15) is 27.7 Å². The van der Waals surface area contributed by atoms with Gasteiger partial charge in [-0.05, 0) is 74.1 Å². The van der Waals surface area contributed by atoms with Gasteiger partial charge in [0, 0.05) is 22.8 Å². The highest BCUT2D eigenvalue weighted by Gasteiger charge is 2.51. The molecule has 4 aromatic carbocycles. The summed E-state index contributed by atoms with van der Waals surface area (Å²) in [6.07, 6.45) is 2.25. The van der Waals surface area contributed by atoms with Crippen molar-refractivity contribution in [3.8, 4) is 27.9 Å². The molecular weight excluding hydrogens is 441 g/mol. The Balaban J connectivity index is 1.50. The summed E-state index contributed by atoms with van der Waals surface area (Å²) < 4.78 is 15.0. The molecule has 1 fully saturated rings. The average Bonchev–Trinajstić information content (AvgIpc) is 3.38. The van der Waals surface area contributed by atoms with Crippen LogP contribution in [-0.4, -0.2) is 22.9 Å². The molecule has 0 N–H and O–H groups in total. The minimum absolute atomic E-state index is 0.373. The van der Waals surface area contributed by atoms with Gasteiger partial charge in [-0.2, -0.15) is 0 Å². The van der Waals surface area contributed by atoms with Crippen LogP contribution < -0.4 is 5.46 Å². The Bertz CT molecular complexity index is 1520. The van der Waals surface area contributed by atoms with Gasteiger partial charge in [0.2, 0.25) is 0 Å². The summed E-state index contributed by atoms with van der Waals surface area (Å²) in [4.78, 5) is 0. The molecule has 0 radical (unpaired) electrons. The van der Waals surface area contributed by atoms with Gasteiger partial charge >= 0.3 is 7.12 Å². The summed E-state index contributed by atoms with van der Waals surface area (Å²) in [6.45, 7) is 8.37. The van der Waals surface area contributed by atoms with E-state index in [0.717, 1.165) is 16.7 Å². The number of fused-ring (bicyclic) bond motifs is 1. The molecule has 6 rings (SSSR count).